The number of allylic oxidation sites excluding steroid dienone is 4. The highest BCUT2D eigenvalue weighted by Gasteiger charge is 2.53. The Morgan fingerprint density at radius 2 is 1.81 bits per heavy atom. The molecule has 3 aliphatic carbocycles. The van der Waals surface area contributed by atoms with Gasteiger partial charge in [0.15, 0.2) is 6.29 Å². The molecule has 7 atom stereocenters. The van der Waals surface area contributed by atoms with Gasteiger partial charge in [-0.05, 0) is 54.6 Å². The van der Waals surface area contributed by atoms with Crippen molar-refractivity contribution in [1.29, 1.82) is 0 Å². The zero-order valence-corrected chi connectivity index (χ0v) is 22.4. The van der Waals surface area contributed by atoms with Crippen LogP contribution in [0.25, 0.3) is 0 Å². The van der Waals surface area contributed by atoms with Crippen LogP contribution in [0.3, 0.4) is 0 Å². The molecule has 0 aromatic heterocycles. The Morgan fingerprint density at radius 1 is 1.06 bits per heavy atom. The Bertz CT molecular complexity index is 921. The second-order valence-corrected chi connectivity index (χ2v) is 12.4. The minimum Gasteiger partial charge on any atom is -0.388 e. The van der Waals surface area contributed by atoms with E-state index < -0.39 is 24.6 Å². The van der Waals surface area contributed by atoms with Crippen LogP contribution >= 0.6 is 0 Å². The quantitative estimate of drug-likeness (QED) is 0.531. The maximum absolute atomic E-state index is 10.7. The normalized spacial score (nSPS) is 42.1. The zero-order chi connectivity index (χ0) is 25.7. The van der Waals surface area contributed by atoms with Gasteiger partial charge in [0, 0.05) is 25.0 Å². The number of hydrogen-bond acceptors (Lipinski definition) is 7. The standard InChI is InChI=1S/C29H45NO6/c1-18(2)20-7-8-28(3)9-10-29(4)21(24(20)28)6-5-19(16-30-11-13-34-14-12-30)15-23(29)36-27-26(33)25(32)22(31)17-35-27/h5-6,18,22-23,25-27,31-33H,7-17H2,1-4H3/t22-,23+,25+,26-,27+,28-,29-/m1/s1. The Hall–Kier alpha value is -1.06. The van der Waals surface area contributed by atoms with Crippen LogP contribution in [0.15, 0.2) is 34.4 Å². The van der Waals surface area contributed by atoms with Gasteiger partial charge in [-0.2, -0.15) is 0 Å². The number of nitrogens with zero attached hydrogens (tertiary/aromatic N) is 1. The SMILES string of the molecule is CC(C)C1=C2C3=CC=C(CN4CCOCC4)C[C@H](O[C@@H]4OC[C@@H](O)[C@H](O)[C@H]4O)[C@]3(C)CC[C@@]2(C)CC1. The van der Waals surface area contributed by atoms with Gasteiger partial charge < -0.3 is 29.5 Å². The highest BCUT2D eigenvalue weighted by atomic mass is 16.7. The molecule has 7 heteroatoms. The van der Waals surface area contributed by atoms with E-state index in [4.69, 9.17) is 14.2 Å². The third-order valence-electron chi connectivity index (χ3n) is 9.58. The van der Waals surface area contributed by atoms with Gasteiger partial charge in [-0.25, -0.2) is 0 Å². The molecule has 0 amide bonds. The fraction of sp³-hybridized carbons (Fsp3) is 0.793. The Morgan fingerprint density at radius 3 is 2.53 bits per heavy atom. The lowest BCUT2D eigenvalue weighted by atomic mass is 9.57. The van der Waals surface area contributed by atoms with E-state index in [2.05, 4.69) is 44.7 Å². The first-order chi connectivity index (χ1) is 17.1. The van der Waals surface area contributed by atoms with Crippen LogP contribution in [0.2, 0.25) is 0 Å². The predicted molar refractivity (Wildman–Crippen MR) is 137 cm³/mol. The van der Waals surface area contributed by atoms with Crippen LogP contribution in [0.5, 0.6) is 0 Å². The summed E-state index contributed by atoms with van der Waals surface area (Å²) in [5.74, 6) is 0.504. The van der Waals surface area contributed by atoms with Gasteiger partial charge in [0.05, 0.1) is 25.9 Å². The first kappa shape index (κ1) is 26.5. The van der Waals surface area contributed by atoms with Gasteiger partial charge in [0.2, 0.25) is 0 Å². The van der Waals surface area contributed by atoms with Crippen molar-refractivity contribution in [3.05, 3.63) is 34.4 Å². The molecule has 7 nitrogen and oxygen atoms in total. The summed E-state index contributed by atoms with van der Waals surface area (Å²) in [6.45, 7) is 13.6. The van der Waals surface area contributed by atoms with Crippen LogP contribution in [0, 0.1) is 16.7 Å². The minimum atomic E-state index is -1.29. The zero-order valence-electron chi connectivity index (χ0n) is 22.4. The van der Waals surface area contributed by atoms with E-state index in [1.807, 2.05) is 0 Å². The van der Waals surface area contributed by atoms with E-state index in [1.54, 1.807) is 5.57 Å². The van der Waals surface area contributed by atoms with Gasteiger partial charge >= 0.3 is 0 Å². The highest BCUT2D eigenvalue weighted by Crippen LogP contribution is 2.62. The molecule has 0 bridgehead atoms. The third kappa shape index (κ3) is 4.77. The molecule has 3 N–H and O–H groups in total. The summed E-state index contributed by atoms with van der Waals surface area (Å²) in [6, 6.07) is 0. The number of aliphatic hydroxyl groups is 3. The Kier molecular flexibility index (Phi) is 7.56. The fourth-order valence-electron chi connectivity index (χ4n) is 7.09. The van der Waals surface area contributed by atoms with Crippen molar-refractivity contribution in [2.45, 2.75) is 90.5 Å². The summed E-state index contributed by atoms with van der Waals surface area (Å²) < 4.78 is 17.9. The van der Waals surface area contributed by atoms with Crippen molar-refractivity contribution in [2.75, 3.05) is 39.5 Å². The molecule has 0 radical (unpaired) electrons. The number of rotatable bonds is 5. The molecular formula is C29H45NO6. The minimum absolute atomic E-state index is 0.0494. The molecule has 1 saturated carbocycles. The lowest BCUT2D eigenvalue weighted by Crippen LogP contribution is -2.56. The first-order valence-corrected chi connectivity index (χ1v) is 13.9. The Balaban J connectivity index is 1.51. The molecule has 3 fully saturated rings. The molecule has 5 aliphatic rings. The van der Waals surface area contributed by atoms with E-state index in [1.165, 1.54) is 23.1 Å². The maximum Gasteiger partial charge on any atom is 0.186 e. The second-order valence-electron chi connectivity index (χ2n) is 12.4. The smallest absolute Gasteiger partial charge is 0.186 e. The van der Waals surface area contributed by atoms with Gasteiger partial charge in [-0.3, -0.25) is 4.90 Å². The highest BCUT2D eigenvalue weighted by molar-refractivity contribution is 5.52. The fourth-order valence-corrected chi connectivity index (χ4v) is 7.09. The molecule has 2 heterocycles. The van der Waals surface area contributed by atoms with Gasteiger partial charge in [0.1, 0.15) is 18.3 Å². The Labute approximate surface area is 215 Å². The summed E-state index contributed by atoms with van der Waals surface area (Å²) >= 11 is 0. The largest absolute Gasteiger partial charge is 0.388 e. The lowest BCUT2D eigenvalue weighted by molar-refractivity contribution is -0.291. The number of aliphatic hydroxyl groups excluding tert-OH is 3. The molecule has 0 aromatic carbocycles. The summed E-state index contributed by atoms with van der Waals surface area (Å²) in [4.78, 5) is 2.44. The summed E-state index contributed by atoms with van der Waals surface area (Å²) in [6.07, 6.45) is 5.04. The molecule has 0 spiro atoms. The first-order valence-electron chi connectivity index (χ1n) is 13.9. The van der Waals surface area contributed by atoms with Crippen LogP contribution in [0.1, 0.15) is 59.8 Å². The molecule has 36 heavy (non-hydrogen) atoms. The number of fused-ring (bicyclic) bond motifs is 3. The van der Waals surface area contributed by atoms with Crippen LogP contribution < -0.4 is 0 Å². The average molecular weight is 504 g/mol. The van der Waals surface area contributed by atoms with Gasteiger partial charge in [-0.1, -0.05) is 51.0 Å². The van der Waals surface area contributed by atoms with E-state index in [0.717, 1.165) is 58.5 Å². The van der Waals surface area contributed by atoms with Crippen LogP contribution in [-0.4, -0.2) is 90.4 Å². The monoisotopic (exact) mass is 503 g/mol. The van der Waals surface area contributed by atoms with Gasteiger partial charge in [0.25, 0.3) is 0 Å². The topological polar surface area (TPSA) is 91.6 Å². The third-order valence-corrected chi connectivity index (χ3v) is 9.58. The average Bonchev–Trinajstić information content (AvgIpc) is 3.15. The lowest BCUT2D eigenvalue weighted by Gasteiger charge is -2.50. The van der Waals surface area contributed by atoms with E-state index in [0.29, 0.717) is 5.92 Å². The number of hydrogen-bond donors (Lipinski definition) is 3. The molecule has 202 valence electrons. The molecule has 5 rings (SSSR count). The van der Waals surface area contributed by atoms with E-state index in [9.17, 15) is 15.3 Å². The van der Waals surface area contributed by atoms with Crippen molar-refractivity contribution < 1.29 is 29.5 Å². The molecule has 2 saturated heterocycles. The van der Waals surface area contributed by atoms with Crippen molar-refractivity contribution in [3.63, 3.8) is 0 Å². The second kappa shape index (κ2) is 10.3. The molecule has 0 aromatic rings. The van der Waals surface area contributed by atoms with Crippen molar-refractivity contribution in [3.8, 4) is 0 Å². The van der Waals surface area contributed by atoms with Crippen molar-refractivity contribution in [2.24, 2.45) is 16.7 Å². The van der Waals surface area contributed by atoms with Gasteiger partial charge in [-0.15, -0.1) is 0 Å². The summed E-state index contributed by atoms with van der Waals surface area (Å²) in [7, 11) is 0. The number of ether oxygens (including phenoxy) is 3. The van der Waals surface area contributed by atoms with Crippen LogP contribution in [-0.2, 0) is 14.2 Å². The van der Waals surface area contributed by atoms with Crippen molar-refractivity contribution >= 4 is 0 Å². The maximum atomic E-state index is 10.7. The molecular weight excluding hydrogens is 458 g/mol. The predicted octanol–water partition coefficient (Wildman–Crippen LogP) is 2.95. The molecule has 0 unspecified atom stereocenters. The summed E-state index contributed by atoms with van der Waals surface area (Å²) in [5.41, 5.74) is 5.74. The van der Waals surface area contributed by atoms with Crippen molar-refractivity contribution in [1.82, 2.24) is 4.90 Å². The van der Waals surface area contributed by atoms with E-state index in [-0.39, 0.29) is 23.5 Å². The van der Waals surface area contributed by atoms with E-state index >= 15 is 0 Å². The molecule has 2 aliphatic heterocycles. The number of morpholine rings is 1. The summed E-state index contributed by atoms with van der Waals surface area (Å²) in [5, 5.41) is 31.0. The van der Waals surface area contributed by atoms with Crippen LogP contribution in [0.4, 0.5) is 0 Å².